The molecule has 3 aromatic carbocycles. The minimum Gasteiger partial charge on any atom is -0.411 e. The fraction of sp³-hybridized carbons (Fsp3) is 0.136. The van der Waals surface area contributed by atoms with E-state index in [2.05, 4.69) is 5.16 Å². The Bertz CT molecular complexity index is 865. The van der Waals surface area contributed by atoms with Gasteiger partial charge in [0, 0.05) is 17.0 Å². The number of oxime groups is 1. The Kier molecular flexibility index (Phi) is 5.70. The third kappa shape index (κ3) is 3.63. The second-order valence-electron chi connectivity index (χ2n) is 6.29. The number of hydrogen-bond acceptors (Lipinski definition) is 3. The van der Waals surface area contributed by atoms with E-state index in [-0.39, 0.29) is 5.66 Å². The van der Waals surface area contributed by atoms with Crippen molar-refractivity contribution in [2.24, 2.45) is 5.16 Å². The molecule has 0 radical (unpaired) electrons. The Hall–Kier alpha value is -2.64. The predicted octanol–water partition coefficient (Wildman–Crippen LogP) is 4.98. The van der Waals surface area contributed by atoms with Crippen molar-refractivity contribution in [1.82, 2.24) is 0 Å². The SMILES string of the molecule is C/C(CC(c1ccccc1)P(=O)(c1ccccc1)c1ccccc1)=N\O. The first kappa shape index (κ1) is 18.2. The topological polar surface area (TPSA) is 49.7 Å². The van der Waals surface area contributed by atoms with Crippen LogP contribution >= 0.6 is 7.14 Å². The van der Waals surface area contributed by atoms with Crippen LogP contribution in [0.25, 0.3) is 0 Å². The molecule has 3 nitrogen and oxygen atoms in total. The fourth-order valence-corrected chi connectivity index (χ4v) is 6.62. The molecule has 0 aliphatic rings. The van der Waals surface area contributed by atoms with Crippen molar-refractivity contribution in [3.63, 3.8) is 0 Å². The van der Waals surface area contributed by atoms with Gasteiger partial charge in [-0.1, -0.05) is 96.2 Å². The van der Waals surface area contributed by atoms with Gasteiger partial charge in [-0.05, 0) is 12.5 Å². The first-order valence-electron chi connectivity index (χ1n) is 8.59. The summed E-state index contributed by atoms with van der Waals surface area (Å²) in [5, 5.41) is 14.2. The molecule has 26 heavy (non-hydrogen) atoms. The van der Waals surface area contributed by atoms with Gasteiger partial charge in [-0.3, -0.25) is 0 Å². The molecular formula is C22H22NO2P. The van der Waals surface area contributed by atoms with Gasteiger partial charge in [0.25, 0.3) is 0 Å². The molecule has 4 heteroatoms. The number of nitrogens with zero attached hydrogens (tertiary/aromatic N) is 1. The lowest BCUT2D eigenvalue weighted by atomic mass is 10.1. The number of hydrogen-bond donors (Lipinski definition) is 1. The number of rotatable bonds is 6. The van der Waals surface area contributed by atoms with Crippen molar-refractivity contribution < 1.29 is 9.77 Å². The van der Waals surface area contributed by atoms with E-state index in [0.29, 0.717) is 12.1 Å². The Morgan fingerprint density at radius 2 is 1.27 bits per heavy atom. The highest BCUT2D eigenvalue weighted by molar-refractivity contribution is 7.79. The molecule has 132 valence electrons. The van der Waals surface area contributed by atoms with Crippen molar-refractivity contribution in [2.75, 3.05) is 0 Å². The minimum absolute atomic E-state index is 0.301. The van der Waals surface area contributed by atoms with Crippen LogP contribution in [0.15, 0.2) is 96.2 Å². The van der Waals surface area contributed by atoms with E-state index in [1.807, 2.05) is 91.0 Å². The van der Waals surface area contributed by atoms with Crippen LogP contribution in [0.4, 0.5) is 0 Å². The van der Waals surface area contributed by atoms with Gasteiger partial charge in [-0.2, -0.15) is 0 Å². The molecule has 0 aromatic heterocycles. The molecule has 0 bridgehead atoms. The quantitative estimate of drug-likeness (QED) is 0.291. The van der Waals surface area contributed by atoms with Gasteiger partial charge in [0.05, 0.1) is 11.4 Å². The van der Waals surface area contributed by atoms with Gasteiger partial charge >= 0.3 is 0 Å². The van der Waals surface area contributed by atoms with Crippen molar-refractivity contribution in [1.29, 1.82) is 0 Å². The van der Waals surface area contributed by atoms with Crippen LogP contribution in [0.5, 0.6) is 0 Å². The smallest absolute Gasteiger partial charge is 0.150 e. The van der Waals surface area contributed by atoms with Crippen LogP contribution in [-0.4, -0.2) is 10.9 Å². The van der Waals surface area contributed by atoms with E-state index >= 15 is 0 Å². The summed E-state index contributed by atoms with van der Waals surface area (Å²) < 4.78 is 14.6. The van der Waals surface area contributed by atoms with Crippen LogP contribution in [0.2, 0.25) is 0 Å². The molecule has 0 saturated carbocycles. The lowest BCUT2D eigenvalue weighted by molar-refractivity contribution is 0.317. The zero-order chi connectivity index (χ0) is 18.4. The van der Waals surface area contributed by atoms with E-state index in [1.54, 1.807) is 6.92 Å². The molecule has 1 N–H and O–H groups in total. The molecular weight excluding hydrogens is 341 g/mol. The summed E-state index contributed by atoms with van der Waals surface area (Å²) in [4.78, 5) is 0. The van der Waals surface area contributed by atoms with Crippen molar-refractivity contribution >= 4 is 23.5 Å². The van der Waals surface area contributed by atoms with E-state index in [4.69, 9.17) is 0 Å². The lowest BCUT2D eigenvalue weighted by Gasteiger charge is -2.29. The average Bonchev–Trinajstić information content (AvgIpc) is 2.73. The summed E-state index contributed by atoms with van der Waals surface area (Å²) in [6, 6.07) is 29.1. The minimum atomic E-state index is -3.02. The molecule has 0 heterocycles. The third-order valence-corrected chi connectivity index (χ3v) is 8.05. The standard InChI is InChI=1S/C22H22NO2P/c1-18(23-24)17-22(19-11-5-2-6-12-19)26(25,20-13-7-3-8-14-20)21-15-9-4-10-16-21/h2-16,22,24H,17H2,1H3/b23-18+. The lowest BCUT2D eigenvalue weighted by Crippen LogP contribution is -2.22. The molecule has 0 aliphatic heterocycles. The van der Waals surface area contributed by atoms with Crippen LogP contribution in [0.3, 0.4) is 0 Å². The second kappa shape index (κ2) is 8.16. The summed E-state index contributed by atoms with van der Waals surface area (Å²) >= 11 is 0. The Labute approximate surface area is 154 Å². The average molecular weight is 363 g/mol. The fourth-order valence-electron chi connectivity index (χ4n) is 3.26. The number of benzene rings is 3. The molecule has 0 saturated heterocycles. The highest BCUT2D eigenvalue weighted by Crippen LogP contribution is 2.58. The van der Waals surface area contributed by atoms with Gasteiger partial charge in [0.2, 0.25) is 0 Å². The van der Waals surface area contributed by atoms with Crippen LogP contribution in [0, 0.1) is 0 Å². The maximum atomic E-state index is 14.6. The molecule has 3 rings (SSSR count). The van der Waals surface area contributed by atoms with E-state index < -0.39 is 7.14 Å². The van der Waals surface area contributed by atoms with Crippen molar-refractivity contribution in [3.05, 3.63) is 96.6 Å². The van der Waals surface area contributed by atoms with Gasteiger partial charge in [0.15, 0.2) is 7.14 Å². The van der Waals surface area contributed by atoms with E-state index in [1.165, 1.54) is 0 Å². The van der Waals surface area contributed by atoms with Crippen LogP contribution < -0.4 is 10.6 Å². The maximum absolute atomic E-state index is 14.6. The van der Waals surface area contributed by atoms with Gasteiger partial charge in [0.1, 0.15) is 0 Å². The molecule has 0 fully saturated rings. The highest BCUT2D eigenvalue weighted by Gasteiger charge is 2.37. The molecule has 1 atom stereocenters. The van der Waals surface area contributed by atoms with Crippen molar-refractivity contribution in [2.45, 2.75) is 19.0 Å². The summed E-state index contributed by atoms with van der Waals surface area (Å²) in [5.74, 6) is 0. The Balaban J connectivity index is 2.25. The zero-order valence-electron chi connectivity index (χ0n) is 14.7. The Morgan fingerprint density at radius 1 is 0.846 bits per heavy atom. The summed E-state index contributed by atoms with van der Waals surface area (Å²) in [7, 11) is -3.02. The third-order valence-electron chi connectivity index (χ3n) is 4.56. The summed E-state index contributed by atoms with van der Waals surface area (Å²) in [6.45, 7) is 1.76. The molecule has 1 unspecified atom stereocenters. The zero-order valence-corrected chi connectivity index (χ0v) is 15.6. The molecule has 0 amide bonds. The van der Waals surface area contributed by atoms with Crippen molar-refractivity contribution in [3.8, 4) is 0 Å². The van der Waals surface area contributed by atoms with Crippen LogP contribution in [-0.2, 0) is 4.57 Å². The van der Waals surface area contributed by atoms with Crippen LogP contribution in [0.1, 0.15) is 24.6 Å². The normalized spacial score (nSPS) is 13.3. The molecule has 3 aromatic rings. The summed E-state index contributed by atoms with van der Waals surface area (Å²) in [6.07, 6.45) is 0.418. The molecule has 0 spiro atoms. The van der Waals surface area contributed by atoms with E-state index in [0.717, 1.165) is 16.2 Å². The van der Waals surface area contributed by atoms with Gasteiger partial charge < -0.3 is 9.77 Å². The monoisotopic (exact) mass is 363 g/mol. The highest BCUT2D eigenvalue weighted by atomic mass is 31.2. The van der Waals surface area contributed by atoms with Gasteiger partial charge in [-0.15, -0.1) is 0 Å². The van der Waals surface area contributed by atoms with Gasteiger partial charge in [-0.25, -0.2) is 0 Å². The maximum Gasteiger partial charge on any atom is 0.150 e. The predicted molar refractivity (Wildman–Crippen MR) is 108 cm³/mol. The first-order valence-corrected chi connectivity index (χ1v) is 10.4. The first-order chi connectivity index (χ1) is 12.7. The largest absolute Gasteiger partial charge is 0.411 e. The second-order valence-corrected chi connectivity index (χ2v) is 9.27. The Morgan fingerprint density at radius 3 is 1.69 bits per heavy atom. The van der Waals surface area contributed by atoms with E-state index in [9.17, 15) is 9.77 Å². The summed E-state index contributed by atoms with van der Waals surface area (Å²) in [5.41, 5.74) is 1.24. The molecule has 0 aliphatic carbocycles.